The van der Waals surface area contributed by atoms with Gasteiger partial charge in [-0.1, -0.05) is 6.92 Å². The van der Waals surface area contributed by atoms with Crippen LogP contribution in [0.15, 0.2) is 36.7 Å². The van der Waals surface area contributed by atoms with Gasteiger partial charge in [0, 0.05) is 24.8 Å². The highest BCUT2D eigenvalue weighted by atomic mass is 16.6. The second-order valence-electron chi connectivity index (χ2n) is 3.99. The number of hydrogen-bond acceptors (Lipinski definition) is 6. The van der Waals surface area contributed by atoms with E-state index in [1.807, 2.05) is 0 Å². The Labute approximate surface area is 120 Å². The summed E-state index contributed by atoms with van der Waals surface area (Å²) in [6.45, 7) is 1.73. The van der Waals surface area contributed by atoms with Crippen LogP contribution < -0.4 is 10.1 Å². The van der Waals surface area contributed by atoms with Crippen LogP contribution in [-0.4, -0.2) is 20.8 Å². The number of carbonyl (C=O) groups excluding carboxylic acids is 1. The molecule has 2 aromatic heterocycles. The van der Waals surface area contributed by atoms with Crippen molar-refractivity contribution in [2.24, 2.45) is 0 Å². The highest BCUT2D eigenvalue weighted by molar-refractivity contribution is 5.89. The average Bonchev–Trinajstić information content (AvgIpc) is 2.48. The van der Waals surface area contributed by atoms with Gasteiger partial charge in [0.1, 0.15) is 11.6 Å². The third kappa shape index (κ3) is 3.96. The topological polar surface area (TPSA) is 107 Å². The van der Waals surface area contributed by atoms with Gasteiger partial charge in [0.15, 0.2) is 11.9 Å². The second kappa shape index (κ2) is 6.42. The highest BCUT2D eigenvalue weighted by Gasteiger charge is 2.08. The molecule has 1 N–H and O–H groups in total. The van der Waals surface area contributed by atoms with Crippen LogP contribution in [0.25, 0.3) is 0 Å². The first kappa shape index (κ1) is 14.4. The van der Waals surface area contributed by atoms with Gasteiger partial charge in [-0.3, -0.25) is 4.79 Å². The molecule has 8 heteroatoms. The Morgan fingerprint density at radius 2 is 2.14 bits per heavy atom. The highest BCUT2D eigenvalue weighted by Crippen LogP contribution is 2.23. The first-order valence-electron chi connectivity index (χ1n) is 6.12. The van der Waals surface area contributed by atoms with Crippen molar-refractivity contribution in [2.75, 3.05) is 5.32 Å². The predicted octanol–water partition coefficient (Wildman–Crippen LogP) is 2.53. The molecule has 0 aliphatic rings. The van der Waals surface area contributed by atoms with E-state index in [1.165, 1.54) is 24.5 Å². The van der Waals surface area contributed by atoms with E-state index < -0.39 is 4.92 Å². The minimum Gasteiger partial charge on any atom is -0.453 e. The zero-order valence-electron chi connectivity index (χ0n) is 11.1. The van der Waals surface area contributed by atoms with E-state index in [0.29, 0.717) is 23.7 Å². The Hall–Kier alpha value is -3.03. The van der Waals surface area contributed by atoms with Crippen LogP contribution in [0, 0.1) is 10.1 Å². The number of ether oxygens (including phenoxy) is 1. The van der Waals surface area contributed by atoms with E-state index in [-0.39, 0.29) is 11.7 Å². The molecule has 1 amide bonds. The van der Waals surface area contributed by atoms with Crippen LogP contribution in [0.4, 0.5) is 11.6 Å². The number of nitrogens with one attached hydrogen (secondary N) is 1. The number of nitro groups is 1. The lowest BCUT2D eigenvalue weighted by molar-refractivity contribution is -0.389. The number of nitrogens with zero attached hydrogens (tertiary/aromatic N) is 3. The molecule has 0 aliphatic heterocycles. The van der Waals surface area contributed by atoms with Crippen LogP contribution in [0.5, 0.6) is 11.5 Å². The zero-order valence-corrected chi connectivity index (χ0v) is 11.1. The third-order valence-corrected chi connectivity index (χ3v) is 2.46. The molecule has 0 spiro atoms. The number of amides is 1. The summed E-state index contributed by atoms with van der Waals surface area (Å²) in [6, 6.07) is 5.84. The summed E-state index contributed by atoms with van der Waals surface area (Å²) in [6.07, 6.45) is 3.08. The maximum absolute atomic E-state index is 11.3. The Bertz CT molecular complexity index is 657. The first-order chi connectivity index (χ1) is 10.1. The van der Waals surface area contributed by atoms with Crippen LogP contribution in [-0.2, 0) is 4.79 Å². The van der Waals surface area contributed by atoms with Crippen molar-refractivity contribution in [1.82, 2.24) is 9.97 Å². The summed E-state index contributed by atoms with van der Waals surface area (Å²) in [5.41, 5.74) is 0. The fraction of sp³-hybridized carbons (Fsp3) is 0.154. The van der Waals surface area contributed by atoms with Crippen molar-refractivity contribution in [3.8, 4) is 11.5 Å². The molecule has 0 unspecified atom stereocenters. The molecule has 8 nitrogen and oxygen atoms in total. The fourth-order valence-corrected chi connectivity index (χ4v) is 1.45. The lowest BCUT2D eigenvalue weighted by Crippen LogP contribution is -2.10. The zero-order chi connectivity index (χ0) is 15.2. The van der Waals surface area contributed by atoms with E-state index in [0.717, 1.165) is 0 Å². The lowest BCUT2D eigenvalue weighted by Gasteiger charge is -2.06. The summed E-state index contributed by atoms with van der Waals surface area (Å²) in [5, 5.41) is 13.1. The van der Waals surface area contributed by atoms with Gasteiger partial charge in [-0.15, -0.1) is 0 Å². The van der Waals surface area contributed by atoms with Crippen LogP contribution in [0.3, 0.4) is 0 Å². The number of hydrogen-bond donors (Lipinski definition) is 1. The standard InChI is InChI=1S/C13H12N4O4/c1-2-13(18)16-11-7-9(5-6-14-11)21-10-3-4-12(15-8-10)17(19)20/h3-8H,2H2,1H3,(H,14,16,18). The minimum atomic E-state index is -0.589. The van der Waals surface area contributed by atoms with Gasteiger partial charge < -0.3 is 20.2 Å². The number of pyridine rings is 2. The van der Waals surface area contributed by atoms with Crippen LogP contribution in [0.1, 0.15) is 13.3 Å². The molecule has 21 heavy (non-hydrogen) atoms. The molecule has 108 valence electrons. The minimum absolute atomic E-state index is 0.156. The third-order valence-electron chi connectivity index (χ3n) is 2.46. The summed E-state index contributed by atoms with van der Waals surface area (Å²) in [7, 11) is 0. The van der Waals surface area contributed by atoms with Crippen LogP contribution >= 0.6 is 0 Å². The maximum atomic E-state index is 11.3. The molecule has 2 aromatic rings. The average molecular weight is 288 g/mol. The number of aromatic nitrogens is 2. The Morgan fingerprint density at radius 1 is 1.33 bits per heavy atom. The molecule has 0 bridgehead atoms. The number of carbonyl (C=O) groups is 1. The van der Waals surface area contributed by atoms with Gasteiger partial charge in [0.05, 0.1) is 0 Å². The molecule has 0 saturated carbocycles. The number of rotatable bonds is 5. The molecule has 2 heterocycles. The molecule has 0 aliphatic carbocycles. The molecule has 2 rings (SSSR count). The smallest absolute Gasteiger partial charge is 0.363 e. The quantitative estimate of drug-likeness (QED) is 0.669. The molecule has 0 radical (unpaired) electrons. The predicted molar refractivity (Wildman–Crippen MR) is 74.1 cm³/mol. The van der Waals surface area contributed by atoms with E-state index in [1.54, 1.807) is 19.1 Å². The van der Waals surface area contributed by atoms with Gasteiger partial charge in [0.2, 0.25) is 5.91 Å². The van der Waals surface area contributed by atoms with Crippen LogP contribution in [0.2, 0.25) is 0 Å². The van der Waals surface area contributed by atoms with Gasteiger partial charge in [-0.05, 0) is 22.0 Å². The molecule has 0 aromatic carbocycles. The lowest BCUT2D eigenvalue weighted by atomic mass is 10.4. The second-order valence-corrected chi connectivity index (χ2v) is 3.99. The van der Waals surface area contributed by atoms with Gasteiger partial charge in [-0.25, -0.2) is 4.98 Å². The Balaban J connectivity index is 2.10. The summed E-state index contributed by atoms with van der Waals surface area (Å²) in [4.78, 5) is 28.8. The molecule has 0 saturated heterocycles. The van der Waals surface area contributed by atoms with E-state index >= 15 is 0 Å². The van der Waals surface area contributed by atoms with E-state index in [4.69, 9.17) is 4.74 Å². The number of anilines is 1. The largest absolute Gasteiger partial charge is 0.453 e. The van der Waals surface area contributed by atoms with Crippen molar-refractivity contribution >= 4 is 17.5 Å². The van der Waals surface area contributed by atoms with Crippen molar-refractivity contribution in [1.29, 1.82) is 0 Å². The summed E-state index contributed by atoms with van der Waals surface area (Å²) >= 11 is 0. The SMILES string of the molecule is CCC(=O)Nc1cc(Oc2ccc([N+](=O)[O-])nc2)ccn1. The summed E-state index contributed by atoms with van der Waals surface area (Å²) < 4.78 is 5.49. The molecular formula is C13H12N4O4. The molecule has 0 fully saturated rings. The van der Waals surface area contributed by atoms with Crippen molar-refractivity contribution < 1.29 is 14.5 Å². The van der Waals surface area contributed by atoms with Gasteiger partial charge in [-0.2, -0.15) is 0 Å². The first-order valence-corrected chi connectivity index (χ1v) is 6.12. The summed E-state index contributed by atoms with van der Waals surface area (Å²) in [5.74, 6) is 0.741. The van der Waals surface area contributed by atoms with Crippen molar-refractivity contribution in [3.63, 3.8) is 0 Å². The fourth-order valence-electron chi connectivity index (χ4n) is 1.45. The van der Waals surface area contributed by atoms with E-state index in [9.17, 15) is 14.9 Å². The van der Waals surface area contributed by atoms with Crippen molar-refractivity contribution in [3.05, 3.63) is 46.8 Å². The molecular weight excluding hydrogens is 276 g/mol. The Kier molecular flexibility index (Phi) is 4.39. The normalized spacial score (nSPS) is 9.95. The van der Waals surface area contributed by atoms with Gasteiger partial charge >= 0.3 is 5.82 Å². The molecule has 0 atom stereocenters. The van der Waals surface area contributed by atoms with E-state index in [2.05, 4.69) is 15.3 Å². The Morgan fingerprint density at radius 3 is 2.76 bits per heavy atom. The van der Waals surface area contributed by atoms with Gasteiger partial charge in [0.25, 0.3) is 0 Å². The van der Waals surface area contributed by atoms with Crippen molar-refractivity contribution in [2.45, 2.75) is 13.3 Å². The monoisotopic (exact) mass is 288 g/mol. The maximum Gasteiger partial charge on any atom is 0.363 e.